The maximum absolute atomic E-state index is 12.2. The number of nitrogens with one attached hydrogen (secondary N) is 2. The molecule has 0 radical (unpaired) electrons. The zero-order valence-electron chi connectivity index (χ0n) is 16.5. The van der Waals surface area contributed by atoms with Crippen molar-refractivity contribution in [2.75, 3.05) is 25.2 Å². The van der Waals surface area contributed by atoms with E-state index >= 15 is 0 Å². The number of rotatable bonds is 8. The van der Waals surface area contributed by atoms with Crippen molar-refractivity contribution in [2.24, 2.45) is 0 Å². The number of thioether (sulfide) groups is 1. The molecule has 158 valence electrons. The Morgan fingerprint density at radius 1 is 1.03 bits per heavy atom. The van der Waals surface area contributed by atoms with Crippen molar-refractivity contribution >= 4 is 35.5 Å². The van der Waals surface area contributed by atoms with Crippen LogP contribution >= 0.6 is 11.8 Å². The summed E-state index contributed by atoms with van der Waals surface area (Å²) in [4.78, 5) is 49.2. The van der Waals surface area contributed by atoms with Crippen LogP contribution in [0.1, 0.15) is 42.5 Å². The van der Waals surface area contributed by atoms with Gasteiger partial charge in [-0.05, 0) is 25.0 Å². The third-order valence-electron chi connectivity index (χ3n) is 4.68. The number of carbonyl (C=O) groups excluding carboxylic acids is 4. The van der Waals surface area contributed by atoms with E-state index in [1.165, 1.54) is 6.42 Å². The second kappa shape index (κ2) is 12.1. The highest BCUT2D eigenvalue weighted by Gasteiger charge is 2.22. The number of carbonyl (C=O) groups is 4. The molecule has 0 aromatic heterocycles. The molecule has 0 saturated heterocycles. The molecule has 1 fully saturated rings. The molecular formula is C20H27N3O5S. The number of nitrogens with zero attached hydrogens (tertiary/aromatic N) is 1. The van der Waals surface area contributed by atoms with Gasteiger partial charge in [0.2, 0.25) is 5.91 Å². The van der Waals surface area contributed by atoms with Crippen LogP contribution in [0.2, 0.25) is 0 Å². The summed E-state index contributed by atoms with van der Waals surface area (Å²) in [7, 11) is 1.81. The monoisotopic (exact) mass is 421 g/mol. The lowest BCUT2D eigenvalue weighted by Gasteiger charge is -2.31. The maximum atomic E-state index is 12.2. The van der Waals surface area contributed by atoms with Crippen molar-refractivity contribution in [2.45, 2.75) is 38.1 Å². The molecule has 3 amide bonds. The minimum atomic E-state index is -0.652. The van der Waals surface area contributed by atoms with Crippen LogP contribution in [0.15, 0.2) is 30.3 Å². The second-order valence-electron chi connectivity index (χ2n) is 6.82. The van der Waals surface area contributed by atoms with Crippen molar-refractivity contribution in [1.82, 2.24) is 15.8 Å². The van der Waals surface area contributed by atoms with Gasteiger partial charge in [0.25, 0.3) is 11.8 Å². The average molecular weight is 422 g/mol. The van der Waals surface area contributed by atoms with Gasteiger partial charge in [-0.2, -0.15) is 0 Å². The lowest BCUT2D eigenvalue weighted by molar-refractivity contribution is -0.146. The first-order valence-corrected chi connectivity index (χ1v) is 10.8. The van der Waals surface area contributed by atoms with Crippen molar-refractivity contribution in [3.63, 3.8) is 0 Å². The fraction of sp³-hybridized carbons (Fsp3) is 0.500. The SMILES string of the molecule is CN(C(=O)CSCC(=O)OCC(=O)NNC(=O)c1ccccc1)C1CCCCC1. The average Bonchev–Trinajstić information content (AvgIpc) is 2.76. The minimum absolute atomic E-state index is 0.00364. The Labute approximate surface area is 174 Å². The van der Waals surface area contributed by atoms with Crippen molar-refractivity contribution in [3.05, 3.63) is 35.9 Å². The number of esters is 1. The highest BCUT2D eigenvalue weighted by Crippen LogP contribution is 2.22. The molecule has 2 N–H and O–H groups in total. The fourth-order valence-electron chi connectivity index (χ4n) is 3.01. The predicted molar refractivity (Wildman–Crippen MR) is 110 cm³/mol. The Kier molecular flexibility index (Phi) is 9.49. The van der Waals surface area contributed by atoms with E-state index in [1.807, 2.05) is 7.05 Å². The Balaban J connectivity index is 1.57. The van der Waals surface area contributed by atoms with E-state index in [1.54, 1.807) is 35.2 Å². The number of amides is 3. The van der Waals surface area contributed by atoms with Gasteiger partial charge < -0.3 is 9.64 Å². The Morgan fingerprint density at radius 3 is 2.41 bits per heavy atom. The molecule has 1 aromatic rings. The van der Waals surface area contributed by atoms with Gasteiger partial charge in [0, 0.05) is 18.7 Å². The predicted octanol–water partition coefficient (Wildman–Crippen LogP) is 1.52. The summed E-state index contributed by atoms with van der Waals surface area (Å²) in [6, 6.07) is 8.67. The van der Waals surface area contributed by atoms with E-state index in [0.29, 0.717) is 11.6 Å². The summed E-state index contributed by atoms with van der Waals surface area (Å²) in [6.07, 6.45) is 5.59. The smallest absolute Gasteiger partial charge is 0.316 e. The number of ether oxygens (including phenoxy) is 1. The zero-order chi connectivity index (χ0) is 21.1. The molecule has 1 aliphatic carbocycles. The largest absolute Gasteiger partial charge is 0.455 e. The molecular weight excluding hydrogens is 394 g/mol. The number of hydrazine groups is 1. The summed E-state index contributed by atoms with van der Waals surface area (Å²) in [6.45, 7) is -0.510. The topological polar surface area (TPSA) is 105 Å². The highest BCUT2D eigenvalue weighted by molar-refractivity contribution is 8.00. The van der Waals surface area contributed by atoms with E-state index in [4.69, 9.17) is 4.74 Å². The molecule has 8 nitrogen and oxygen atoms in total. The van der Waals surface area contributed by atoms with Gasteiger partial charge in [0.1, 0.15) is 0 Å². The molecule has 0 unspecified atom stereocenters. The number of hydrogen-bond acceptors (Lipinski definition) is 6. The molecule has 0 spiro atoms. The second-order valence-corrected chi connectivity index (χ2v) is 7.80. The van der Waals surface area contributed by atoms with Crippen LogP contribution < -0.4 is 10.9 Å². The van der Waals surface area contributed by atoms with Crippen LogP contribution in [0.5, 0.6) is 0 Å². The first-order chi connectivity index (χ1) is 14.0. The molecule has 0 bridgehead atoms. The summed E-state index contributed by atoms with van der Waals surface area (Å²) in [5.41, 5.74) is 4.81. The minimum Gasteiger partial charge on any atom is -0.455 e. The van der Waals surface area contributed by atoms with E-state index in [2.05, 4.69) is 10.9 Å². The van der Waals surface area contributed by atoms with Gasteiger partial charge in [-0.1, -0.05) is 37.5 Å². The molecule has 29 heavy (non-hydrogen) atoms. The van der Waals surface area contributed by atoms with Crippen LogP contribution in [0.4, 0.5) is 0 Å². The summed E-state index contributed by atoms with van der Waals surface area (Å²) in [5.74, 6) is -1.54. The third kappa shape index (κ3) is 8.15. The number of hydrogen-bond donors (Lipinski definition) is 2. The van der Waals surface area contributed by atoms with Gasteiger partial charge in [-0.25, -0.2) is 0 Å². The highest BCUT2D eigenvalue weighted by atomic mass is 32.2. The first kappa shape index (κ1) is 22.7. The van der Waals surface area contributed by atoms with Crippen molar-refractivity contribution in [1.29, 1.82) is 0 Å². The van der Waals surface area contributed by atoms with Crippen LogP contribution in [0, 0.1) is 0 Å². The summed E-state index contributed by atoms with van der Waals surface area (Å²) >= 11 is 1.16. The lowest BCUT2D eigenvalue weighted by Crippen LogP contribution is -2.43. The first-order valence-electron chi connectivity index (χ1n) is 9.60. The maximum Gasteiger partial charge on any atom is 0.316 e. The van der Waals surface area contributed by atoms with Crippen LogP contribution in [0.3, 0.4) is 0 Å². The molecule has 0 heterocycles. The van der Waals surface area contributed by atoms with Crippen LogP contribution in [-0.2, 0) is 19.1 Å². The Bertz CT molecular complexity index is 707. The quantitative estimate of drug-likeness (QED) is 0.487. The van der Waals surface area contributed by atoms with Crippen LogP contribution in [-0.4, -0.2) is 59.8 Å². The number of benzene rings is 1. The van der Waals surface area contributed by atoms with E-state index < -0.39 is 24.4 Å². The summed E-state index contributed by atoms with van der Waals surface area (Å²) in [5, 5.41) is 0. The van der Waals surface area contributed by atoms with Gasteiger partial charge in [0.05, 0.1) is 11.5 Å². The third-order valence-corrected chi connectivity index (χ3v) is 5.57. The molecule has 0 aliphatic heterocycles. The molecule has 2 rings (SSSR count). The van der Waals surface area contributed by atoms with Gasteiger partial charge >= 0.3 is 5.97 Å². The molecule has 1 aromatic carbocycles. The van der Waals surface area contributed by atoms with Gasteiger partial charge in [-0.3, -0.25) is 30.0 Å². The van der Waals surface area contributed by atoms with E-state index in [9.17, 15) is 19.2 Å². The normalized spacial score (nSPS) is 14.0. The molecule has 9 heteroatoms. The molecule has 0 atom stereocenters. The van der Waals surface area contributed by atoms with E-state index in [-0.39, 0.29) is 17.4 Å². The fourth-order valence-corrected chi connectivity index (χ4v) is 3.74. The zero-order valence-corrected chi connectivity index (χ0v) is 17.3. The van der Waals surface area contributed by atoms with Crippen molar-refractivity contribution < 1.29 is 23.9 Å². The Morgan fingerprint density at radius 2 is 1.72 bits per heavy atom. The van der Waals surface area contributed by atoms with Gasteiger partial charge in [0.15, 0.2) is 6.61 Å². The van der Waals surface area contributed by atoms with Gasteiger partial charge in [-0.15, -0.1) is 11.8 Å². The van der Waals surface area contributed by atoms with Crippen molar-refractivity contribution in [3.8, 4) is 0 Å². The summed E-state index contributed by atoms with van der Waals surface area (Å²) < 4.78 is 4.85. The standard InChI is InChI=1S/C20H27N3O5S/c1-23(16-10-6-3-7-11-16)18(25)13-29-14-19(26)28-12-17(24)21-22-20(27)15-8-4-2-5-9-15/h2,4-5,8-9,16H,3,6-7,10-14H2,1H3,(H,21,24)(H,22,27). The van der Waals surface area contributed by atoms with Crippen LogP contribution in [0.25, 0.3) is 0 Å². The Hall–Kier alpha value is -2.55. The van der Waals surface area contributed by atoms with E-state index in [0.717, 1.165) is 37.4 Å². The molecule has 1 aliphatic rings. The lowest BCUT2D eigenvalue weighted by atomic mass is 9.94. The molecule has 1 saturated carbocycles.